The van der Waals surface area contributed by atoms with E-state index in [1.807, 2.05) is 12.1 Å². The summed E-state index contributed by atoms with van der Waals surface area (Å²) in [4.78, 5) is 7.54. The second kappa shape index (κ2) is 9.27. The Morgan fingerprint density at radius 3 is 2.50 bits per heavy atom. The Morgan fingerprint density at radius 1 is 1.12 bits per heavy atom. The maximum atomic E-state index is 14.0. The Hall–Kier alpha value is -1.01. The SMILES string of the molecule is CC(C)N1CCC(N2CCN(Cc3ccccc3F)CC2CCO)CC1. The first-order valence-electron chi connectivity index (χ1n) is 10.1. The van der Waals surface area contributed by atoms with Crippen molar-refractivity contribution in [3.05, 3.63) is 35.6 Å². The van der Waals surface area contributed by atoms with Gasteiger partial charge in [0.15, 0.2) is 0 Å². The predicted molar refractivity (Wildman–Crippen MR) is 104 cm³/mol. The van der Waals surface area contributed by atoms with Gasteiger partial charge in [-0.05, 0) is 52.3 Å². The molecule has 3 rings (SSSR count). The fraction of sp³-hybridized carbons (Fsp3) is 0.714. The summed E-state index contributed by atoms with van der Waals surface area (Å²) >= 11 is 0. The van der Waals surface area contributed by atoms with Crippen molar-refractivity contribution in [2.24, 2.45) is 0 Å². The lowest BCUT2D eigenvalue weighted by molar-refractivity contribution is -0.000285. The molecule has 1 unspecified atom stereocenters. The zero-order valence-corrected chi connectivity index (χ0v) is 16.3. The second-order valence-electron chi connectivity index (χ2n) is 8.09. The van der Waals surface area contributed by atoms with Crippen LogP contribution >= 0.6 is 0 Å². The number of benzene rings is 1. The number of rotatable bonds is 6. The maximum Gasteiger partial charge on any atom is 0.127 e. The van der Waals surface area contributed by atoms with Crippen LogP contribution in [0.2, 0.25) is 0 Å². The molecule has 0 bridgehead atoms. The smallest absolute Gasteiger partial charge is 0.127 e. The lowest BCUT2D eigenvalue weighted by atomic mass is 9.97. The Morgan fingerprint density at radius 2 is 1.85 bits per heavy atom. The molecule has 2 fully saturated rings. The zero-order valence-electron chi connectivity index (χ0n) is 16.3. The van der Waals surface area contributed by atoms with E-state index < -0.39 is 0 Å². The minimum atomic E-state index is -0.116. The van der Waals surface area contributed by atoms with Crippen molar-refractivity contribution in [3.63, 3.8) is 0 Å². The van der Waals surface area contributed by atoms with Gasteiger partial charge in [0.2, 0.25) is 0 Å². The van der Waals surface area contributed by atoms with E-state index in [0.29, 0.717) is 24.7 Å². The topological polar surface area (TPSA) is 30.0 Å². The van der Waals surface area contributed by atoms with Gasteiger partial charge in [-0.25, -0.2) is 4.39 Å². The molecule has 1 atom stereocenters. The Kier molecular flexibility index (Phi) is 7.04. The minimum absolute atomic E-state index is 0.116. The monoisotopic (exact) mass is 363 g/mol. The number of likely N-dealkylation sites (tertiary alicyclic amines) is 1. The largest absolute Gasteiger partial charge is 0.396 e. The molecule has 26 heavy (non-hydrogen) atoms. The first kappa shape index (κ1) is 19.7. The third kappa shape index (κ3) is 4.83. The standard InChI is InChI=1S/C21H34FN3O/c1-17(2)24-10-7-19(8-11-24)25-13-12-23(16-20(25)9-14-26)15-18-5-3-4-6-21(18)22/h3-6,17,19-20,26H,7-16H2,1-2H3. The fourth-order valence-corrected chi connectivity index (χ4v) is 4.57. The number of aliphatic hydroxyl groups excluding tert-OH is 1. The van der Waals surface area contributed by atoms with Gasteiger partial charge in [-0.3, -0.25) is 9.80 Å². The molecule has 1 N–H and O–H groups in total. The first-order valence-corrected chi connectivity index (χ1v) is 10.1. The van der Waals surface area contributed by atoms with Crippen molar-refractivity contribution < 1.29 is 9.50 Å². The molecular formula is C21H34FN3O. The molecule has 1 aromatic carbocycles. The van der Waals surface area contributed by atoms with E-state index in [0.717, 1.165) is 31.6 Å². The lowest BCUT2D eigenvalue weighted by Crippen LogP contribution is -2.58. The van der Waals surface area contributed by atoms with Crippen LogP contribution in [0.15, 0.2) is 24.3 Å². The highest BCUT2D eigenvalue weighted by Gasteiger charge is 2.33. The van der Waals surface area contributed by atoms with Gasteiger partial charge in [0, 0.05) is 56.5 Å². The van der Waals surface area contributed by atoms with Crippen molar-refractivity contribution in [2.75, 3.05) is 39.3 Å². The number of piperazine rings is 1. The van der Waals surface area contributed by atoms with Crippen molar-refractivity contribution in [1.29, 1.82) is 0 Å². The first-order chi connectivity index (χ1) is 12.6. The summed E-state index contributed by atoms with van der Waals surface area (Å²) in [6.45, 7) is 10.7. The van der Waals surface area contributed by atoms with Gasteiger partial charge < -0.3 is 10.0 Å². The Balaban J connectivity index is 1.59. The summed E-state index contributed by atoms with van der Waals surface area (Å²) in [6.07, 6.45) is 3.24. The molecular weight excluding hydrogens is 329 g/mol. The second-order valence-corrected chi connectivity index (χ2v) is 8.09. The predicted octanol–water partition coefficient (Wildman–Crippen LogP) is 2.57. The molecule has 0 saturated carbocycles. The van der Waals surface area contributed by atoms with Crippen LogP contribution in [0.4, 0.5) is 4.39 Å². The summed E-state index contributed by atoms with van der Waals surface area (Å²) in [7, 11) is 0. The molecule has 2 saturated heterocycles. The lowest BCUT2D eigenvalue weighted by Gasteiger charge is -2.48. The van der Waals surface area contributed by atoms with Gasteiger partial charge in [-0.1, -0.05) is 18.2 Å². The number of piperidine rings is 1. The fourth-order valence-electron chi connectivity index (χ4n) is 4.57. The number of hydrogen-bond acceptors (Lipinski definition) is 4. The summed E-state index contributed by atoms with van der Waals surface area (Å²) in [5.41, 5.74) is 0.772. The number of aliphatic hydroxyl groups is 1. The van der Waals surface area contributed by atoms with Crippen LogP contribution in [0, 0.1) is 5.82 Å². The highest BCUT2D eigenvalue weighted by molar-refractivity contribution is 5.17. The van der Waals surface area contributed by atoms with Crippen molar-refractivity contribution in [1.82, 2.24) is 14.7 Å². The van der Waals surface area contributed by atoms with E-state index in [1.54, 1.807) is 12.1 Å². The van der Waals surface area contributed by atoms with E-state index in [-0.39, 0.29) is 12.4 Å². The quantitative estimate of drug-likeness (QED) is 0.841. The minimum Gasteiger partial charge on any atom is -0.396 e. The summed E-state index contributed by atoms with van der Waals surface area (Å²) in [5.74, 6) is -0.116. The van der Waals surface area contributed by atoms with Crippen LogP contribution < -0.4 is 0 Å². The molecule has 0 spiro atoms. The van der Waals surface area contributed by atoms with E-state index in [4.69, 9.17) is 0 Å². The van der Waals surface area contributed by atoms with Crippen LogP contribution in [0.5, 0.6) is 0 Å². The van der Waals surface area contributed by atoms with E-state index in [2.05, 4.69) is 28.5 Å². The van der Waals surface area contributed by atoms with Crippen molar-refractivity contribution in [2.45, 2.75) is 57.8 Å². The molecule has 0 aliphatic carbocycles. The third-order valence-corrected chi connectivity index (χ3v) is 6.12. The Labute approximate surface area is 157 Å². The summed E-state index contributed by atoms with van der Waals surface area (Å²) < 4.78 is 14.0. The van der Waals surface area contributed by atoms with E-state index in [1.165, 1.54) is 25.9 Å². The highest BCUT2D eigenvalue weighted by Crippen LogP contribution is 2.25. The van der Waals surface area contributed by atoms with Gasteiger partial charge >= 0.3 is 0 Å². The van der Waals surface area contributed by atoms with Crippen LogP contribution in [0.25, 0.3) is 0 Å². The molecule has 0 radical (unpaired) electrons. The molecule has 0 amide bonds. The number of halogens is 1. The molecule has 5 heteroatoms. The molecule has 2 heterocycles. The molecule has 1 aromatic rings. The number of hydrogen-bond donors (Lipinski definition) is 1. The average molecular weight is 364 g/mol. The van der Waals surface area contributed by atoms with Crippen LogP contribution in [0.1, 0.15) is 38.7 Å². The zero-order chi connectivity index (χ0) is 18.5. The van der Waals surface area contributed by atoms with Crippen molar-refractivity contribution >= 4 is 0 Å². The molecule has 2 aliphatic heterocycles. The maximum absolute atomic E-state index is 14.0. The third-order valence-electron chi connectivity index (χ3n) is 6.12. The molecule has 2 aliphatic rings. The van der Waals surface area contributed by atoms with Gasteiger partial charge in [-0.15, -0.1) is 0 Å². The van der Waals surface area contributed by atoms with Gasteiger partial charge in [0.25, 0.3) is 0 Å². The summed E-state index contributed by atoms with van der Waals surface area (Å²) in [6, 6.07) is 8.69. The normalized spacial score (nSPS) is 24.4. The average Bonchev–Trinajstić information content (AvgIpc) is 2.64. The molecule has 0 aromatic heterocycles. The van der Waals surface area contributed by atoms with Gasteiger partial charge in [-0.2, -0.15) is 0 Å². The summed E-state index contributed by atoms with van der Waals surface area (Å²) in [5, 5.41) is 9.56. The molecule has 146 valence electrons. The van der Waals surface area contributed by atoms with Crippen LogP contribution in [-0.4, -0.2) is 77.3 Å². The van der Waals surface area contributed by atoms with Crippen molar-refractivity contribution in [3.8, 4) is 0 Å². The van der Waals surface area contributed by atoms with Crippen LogP contribution in [-0.2, 0) is 6.54 Å². The van der Waals surface area contributed by atoms with Crippen LogP contribution in [0.3, 0.4) is 0 Å². The highest BCUT2D eigenvalue weighted by atomic mass is 19.1. The molecule has 4 nitrogen and oxygen atoms in total. The Bertz CT molecular complexity index is 560. The number of nitrogens with zero attached hydrogens (tertiary/aromatic N) is 3. The van der Waals surface area contributed by atoms with E-state index in [9.17, 15) is 9.50 Å². The van der Waals surface area contributed by atoms with E-state index >= 15 is 0 Å². The van der Waals surface area contributed by atoms with Gasteiger partial charge in [0.05, 0.1) is 0 Å². The van der Waals surface area contributed by atoms with Gasteiger partial charge in [0.1, 0.15) is 5.82 Å².